The summed E-state index contributed by atoms with van der Waals surface area (Å²) in [6.07, 6.45) is 5.05. The Morgan fingerprint density at radius 2 is 2.04 bits per heavy atom. The summed E-state index contributed by atoms with van der Waals surface area (Å²) in [5.74, 6) is 0.448. The zero-order valence-corrected chi connectivity index (χ0v) is 14.5. The Balaban J connectivity index is 1.50. The molecular weight excluding hydrogens is 344 g/mol. The van der Waals surface area contributed by atoms with Gasteiger partial charge in [-0.1, -0.05) is 12.1 Å². The van der Waals surface area contributed by atoms with Crippen molar-refractivity contribution in [3.05, 3.63) is 66.6 Å². The Morgan fingerprint density at radius 1 is 1.15 bits per heavy atom. The first-order valence-electron chi connectivity index (χ1n) is 8.59. The van der Waals surface area contributed by atoms with E-state index in [4.69, 9.17) is 0 Å². The van der Waals surface area contributed by atoms with Gasteiger partial charge in [0, 0.05) is 25.5 Å². The molecule has 0 spiro atoms. The topological polar surface area (TPSA) is 92.2 Å². The van der Waals surface area contributed by atoms with Crippen LogP contribution in [0.25, 0.3) is 5.69 Å². The Hall–Kier alpha value is -3.68. The first kappa shape index (κ1) is 16.8. The van der Waals surface area contributed by atoms with Gasteiger partial charge in [-0.15, -0.1) is 0 Å². The van der Waals surface area contributed by atoms with E-state index in [1.807, 2.05) is 23.1 Å². The van der Waals surface area contributed by atoms with Crippen LogP contribution in [0.5, 0.6) is 0 Å². The Kier molecular flexibility index (Phi) is 4.52. The third-order valence-electron chi connectivity index (χ3n) is 4.27. The number of aromatic nitrogens is 3. The summed E-state index contributed by atoms with van der Waals surface area (Å²) >= 11 is 0. The molecule has 2 N–H and O–H groups in total. The molecule has 8 nitrogen and oxygen atoms in total. The number of piperazine rings is 1. The van der Waals surface area contributed by atoms with Crippen molar-refractivity contribution in [3.63, 3.8) is 0 Å². The highest BCUT2D eigenvalue weighted by Crippen LogP contribution is 2.18. The van der Waals surface area contributed by atoms with Gasteiger partial charge in [-0.2, -0.15) is 5.10 Å². The number of hydrogen-bond donors (Lipinski definition) is 2. The van der Waals surface area contributed by atoms with Crippen LogP contribution >= 0.6 is 0 Å². The van der Waals surface area contributed by atoms with Gasteiger partial charge < -0.3 is 15.5 Å². The third-order valence-corrected chi connectivity index (χ3v) is 4.27. The number of anilines is 2. The van der Waals surface area contributed by atoms with E-state index in [1.54, 1.807) is 47.5 Å². The summed E-state index contributed by atoms with van der Waals surface area (Å²) in [6, 6.07) is 12.6. The highest BCUT2D eigenvalue weighted by atomic mass is 16.2. The number of nitrogens with one attached hydrogen (secondary N) is 2. The molecule has 0 bridgehead atoms. The third kappa shape index (κ3) is 3.64. The number of benzene rings is 1. The van der Waals surface area contributed by atoms with Crippen LogP contribution in [0.4, 0.5) is 11.5 Å². The molecule has 1 saturated heterocycles. The second-order valence-corrected chi connectivity index (χ2v) is 6.10. The lowest BCUT2D eigenvalue weighted by molar-refractivity contribution is -0.120. The minimum Gasteiger partial charge on any atom is -0.353 e. The van der Waals surface area contributed by atoms with Gasteiger partial charge in [0.15, 0.2) is 0 Å². The van der Waals surface area contributed by atoms with Crippen molar-refractivity contribution < 1.29 is 9.59 Å². The van der Waals surface area contributed by atoms with E-state index >= 15 is 0 Å². The molecule has 0 saturated carbocycles. The van der Waals surface area contributed by atoms with E-state index in [0.29, 0.717) is 35.8 Å². The average Bonchev–Trinajstić information content (AvgIpc) is 3.23. The minimum atomic E-state index is -0.243. The van der Waals surface area contributed by atoms with Crippen LogP contribution in [0.2, 0.25) is 0 Å². The molecular formula is C19H18N6O2. The van der Waals surface area contributed by atoms with E-state index in [-0.39, 0.29) is 18.4 Å². The van der Waals surface area contributed by atoms with Gasteiger partial charge in [-0.3, -0.25) is 9.59 Å². The van der Waals surface area contributed by atoms with Gasteiger partial charge in [-0.05, 0) is 30.3 Å². The molecule has 3 heterocycles. The fraction of sp³-hybridized carbons (Fsp3) is 0.158. The van der Waals surface area contributed by atoms with Crippen LogP contribution in [-0.4, -0.2) is 46.2 Å². The van der Waals surface area contributed by atoms with Crippen molar-refractivity contribution in [2.45, 2.75) is 0 Å². The monoisotopic (exact) mass is 362 g/mol. The fourth-order valence-electron chi connectivity index (χ4n) is 2.96. The summed E-state index contributed by atoms with van der Waals surface area (Å²) in [4.78, 5) is 30.5. The summed E-state index contributed by atoms with van der Waals surface area (Å²) in [5, 5.41) is 9.83. The van der Waals surface area contributed by atoms with Gasteiger partial charge in [0.2, 0.25) is 5.91 Å². The molecule has 0 radical (unpaired) electrons. The predicted molar refractivity (Wildman–Crippen MR) is 101 cm³/mol. The largest absolute Gasteiger partial charge is 0.353 e. The fourth-order valence-corrected chi connectivity index (χ4v) is 2.96. The molecule has 3 aromatic rings. The molecule has 27 heavy (non-hydrogen) atoms. The van der Waals surface area contributed by atoms with Crippen molar-refractivity contribution >= 4 is 23.3 Å². The van der Waals surface area contributed by atoms with E-state index < -0.39 is 0 Å². The summed E-state index contributed by atoms with van der Waals surface area (Å²) in [7, 11) is 0. The van der Waals surface area contributed by atoms with Gasteiger partial charge >= 0.3 is 0 Å². The van der Waals surface area contributed by atoms with Crippen LogP contribution in [-0.2, 0) is 4.79 Å². The second-order valence-electron chi connectivity index (χ2n) is 6.10. The normalized spacial score (nSPS) is 13.9. The van der Waals surface area contributed by atoms with Gasteiger partial charge in [0.05, 0.1) is 29.7 Å². The van der Waals surface area contributed by atoms with Crippen molar-refractivity contribution in [2.75, 3.05) is 29.9 Å². The van der Waals surface area contributed by atoms with Crippen LogP contribution in [0, 0.1) is 0 Å². The molecule has 1 fully saturated rings. The Morgan fingerprint density at radius 3 is 2.78 bits per heavy atom. The lowest BCUT2D eigenvalue weighted by atomic mass is 10.1. The van der Waals surface area contributed by atoms with Crippen LogP contribution in [0.3, 0.4) is 0 Å². The molecule has 1 aromatic carbocycles. The standard InChI is InChI=1S/C19H18N6O2/c26-18-13-24(11-9-20-18)17-7-6-14(12-21-17)23-19(27)15-4-1-2-5-16(15)25-10-3-8-22-25/h1-8,10,12H,9,11,13H2,(H,20,26)(H,23,27). The summed E-state index contributed by atoms with van der Waals surface area (Å²) in [5.41, 5.74) is 1.79. The van der Waals surface area contributed by atoms with Gasteiger partial charge in [0.1, 0.15) is 5.82 Å². The zero-order valence-electron chi connectivity index (χ0n) is 14.5. The maximum atomic E-state index is 12.7. The van der Waals surface area contributed by atoms with Crippen molar-refractivity contribution in [1.82, 2.24) is 20.1 Å². The molecule has 136 valence electrons. The number of nitrogens with zero attached hydrogens (tertiary/aromatic N) is 4. The lowest BCUT2D eigenvalue weighted by Gasteiger charge is -2.27. The number of para-hydroxylation sites is 1. The molecule has 0 atom stereocenters. The molecule has 1 aliphatic rings. The number of carbonyl (C=O) groups excluding carboxylic acids is 2. The van der Waals surface area contributed by atoms with E-state index in [0.717, 1.165) is 0 Å². The maximum absolute atomic E-state index is 12.7. The molecule has 8 heteroatoms. The van der Waals surface area contributed by atoms with Gasteiger partial charge in [0.25, 0.3) is 5.91 Å². The van der Waals surface area contributed by atoms with E-state index in [9.17, 15) is 9.59 Å². The van der Waals surface area contributed by atoms with Gasteiger partial charge in [-0.25, -0.2) is 9.67 Å². The second kappa shape index (κ2) is 7.28. The zero-order chi connectivity index (χ0) is 18.6. The average molecular weight is 362 g/mol. The highest BCUT2D eigenvalue weighted by molar-refractivity contribution is 6.06. The maximum Gasteiger partial charge on any atom is 0.257 e. The quantitative estimate of drug-likeness (QED) is 0.733. The molecule has 2 amide bonds. The molecule has 0 aliphatic carbocycles. The first-order valence-corrected chi connectivity index (χ1v) is 8.59. The molecule has 0 unspecified atom stereocenters. The van der Waals surface area contributed by atoms with Crippen LogP contribution in [0.15, 0.2) is 61.1 Å². The number of hydrogen-bond acceptors (Lipinski definition) is 5. The van der Waals surface area contributed by atoms with Crippen LogP contribution in [0.1, 0.15) is 10.4 Å². The Labute approximate surface area is 155 Å². The van der Waals surface area contributed by atoms with Crippen molar-refractivity contribution in [2.24, 2.45) is 0 Å². The van der Waals surface area contributed by atoms with E-state index in [1.165, 1.54) is 0 Å². The number of rotatable bonds is 4. The highest BCUT2D eigenvalue weighted by Gasteiger charge is 2.18. The number of carbonyl (C=O) groups is 2. The first-order chi connectivity index (χ1) is 13.2. The molecule has 1 aliphatic heterocycles. The number of amides is 2. The smallest absolute Gasteiger partial charge is 0.257 e. The number of pyridine rings is 1. The molecule has 2 aromatic heterocycles. The van der Waals surface area contributed by atoms with Crippen molar-refractivity contribution in [1.29, 1.82) is 0 Å². The van der Waals surface area contributed by atoms with Crippen molar-refractivity contribution in [3.8, 4) is 5.69 Å². The Bertz CT molecular complexity index is 953. The lowest BCUT2D eigenvalue weighted by Crippen LogP contribution is -2.48. The van der Waals surface area contributed by atoms with E-state index in [2.05, 4.69) is 20.7 Å². The summed E-state index contributed by atoms with van der Waals surface area (Å²) < 4.78 is 1.65. The minimum absolute atomic E-state index is 0.0179. The predicted octanol–water partition coefficient (Wildman–Crippen LogP) is 1.46. The molecule has 4 rings (SSSR count). The van der Waals surface area contributed by atoms with Crippen LogP contribution < -0.4 is 15.5 Å². The summed E-state index contributed by atoms with van der Waals surface area (Å²) in [6.45, 7) is 1.60. The SMILES string of the molecule is O=C1CN(c2ccc(NC(=O)c3ccccc3-n3cccn3)cn2)CCN1.